The smallest absolute Gasteiger partial charge is 0.251 e. The lowest BCUT2D eigenvalue weighted by Gasteiger charge is -2.31. The Bertz CT molecular complexity index is 752. The zero-order chi connectivity index (χ0) is 18.7. The SMILES string of the molecule is COc1cccc(N2C(=O)[C@H](C=N[C@@H]3CCCC[C@@H]3N)C(=O)NC2=S)c1. The molecular weight excluding hydrogens is 352 g/mol. The van der Waals surface area contributed by atoms with Crippen molar-refractivity contribution in [1.29, 1.82) is 0 Å². The van der Waals surface area contributed by atoms with Crippen molar-refractivity contribution in [3.8, 4) is 5.75 Å². The number of nitrogens with zero attached hydrogens (tertiary/aromatic N) is 2. The van der Waals surface area contributed by atoms with Crippen LogP contribution >= 0.6 is 12.2 Å². The largest absolute Gasteiger partial charge is 0.497 e. The fourth-order valence-electron chi connectivity index (χ4n) is 3.24. The lowest BCUT2D eigenvalue weighted by molar-refractivity contribution is -0.130. The maximum Gasteiger partial charge on any atom is 0.251 e. The summed E-state index contributed by atoms with van der Waals surface area (Å²) in [5, 5.41) is 2.63. The predicted molar refractivity (Wildman–Crippen MR) is 103 cm³/mol. The molecule has 1 aromatic rings. The Kier molecular flexibility index (Phi) is 5.63. The van der Waals surface area contributed by atoms with Gasteiger partial charge in [-0.15, -0.1) is 0 Å². The van der Waals surface area contributed by atoms with E-state index >= 15 is 0 Å². The first-order valence-corrected chi connectivity index (χ1v) is 9.04. The van der Waals surface area contributed by atoms with E-state index in [-0.39, 0.29) is 17.2 Å². The van der Waals surface area contributed by atoms with Crippen LogP contribution in [0.4, 0.5) is 5.69 Å². The van der Waals surface area contributed by atoms with E-state index in [0.29, 0.717) is 11.4 Å². The molecule has 3 rings (SSSR count). The van der Waals surface area contributed by atoms with Crippen LogP contribution in [0.3, 0.4) is 0 Å². The number of carbonyl (C=O) groups excluding carboxylic acids is 2. The highest BCUT2D eigenvalue weighted by Gasteiger charge is 2.38. The van der Waals surface area contributed by atoms with Gasteiger partial charge in [0, 0.05) is 18.3 Å². The monoisotopic (exact) mass is 374 g/mol. The van der Waals surface area contributed by atoms with Crippen molar-refractivity contribution in [3.63, 3.8) is 0 Å². The van der Waals surface area contributed by atoms with Crippen LogP contribution in [0, 0.1) is 5.92 Å². The summed E-state index contributed by atoms with van der Waals surface area (Å²) in [6.07, 6.45) is 5.35. The van der Waals surface area contributed by atoms with Gasteiger partial charge in [-0.1, -0.05) is 18.9 Å². The molecule has 1 saturated heterocycles. The molecule has 1 heterocycles. The van der Waals surface area contributed by atoms with Crippen LogP contribution in [0.25, 0.3) is 0 Å². The number of amides is 2. The molecule has 138 valence electrons. The minimum absolute atomic E-state index is 0.0303. The Hall–Kier alpha value is -2.32. The molecule has 1 aromatic carbocycles. The summed E-state index contributed by atoms with van der Waals surface area (Å²) in [5.41, 5.74) is 6.63. The Morgan fingerprint density at radius 1 is 1.35 bits per heavy atom. The molecule has 2 fully saturated rings. The van der Waals surface area contributed by atoms with Crippen LogP contribution < -0.4 is 20.7 Å². The highest BCUT2D eigenvalue weighted by Crippen LogP contribution is 2.25. The van der Waals surface area contributed by atoms with E-state index in [0.717, 1.165) is 25.7 Å². The molecule has 3 N–H and O–H groups in total. The Morgan fingerprint density at radius 2 is 2.12 bits per heavy atom. The lowest BCUT2D eigenvalue weighted by Crippen LogP contribution is -2.58. The molecule has 0 aromatic heterocycles. The second kappa shape index (κ2) is 7.92. The van der Waals surface area contributed by atoms with Crippen LogP contribution in [0.2, 0.25) is 0 Å². The number of hydrogen-bond acceptors (Lipinski definition) is 6. The summed E-state index contributed by atoms with van der Waals surface area (Å²) in [7, 11) is 1.54. The second-order valence-corrected chi connectivity index (χ2v) is 6.85. The number of nitrogens with two attached hydrogens (primary N) is 1. The standard InChI is InChI=1S/C18H22N4O3S/c1-25-12-6-4-5-11(9-12)22-17(24)13(16(23)21-18(22)26)10-20-15-8-3-2-7-14(15)19/h4-6,9-10,13-15H,2-3,7-8,19H2,1H3,(H,21,23,26)/t13-,14+,15-/m1/s1. The van der Waals surface area contributed by atoms with Gasteiger partial charge in [0.2, 0.25) is 5.91 Å². The van der Waals surface area contributed by atoms with Crippen molar-refractivity contribution in [1.82, 2.24) is 5.32 Å². The van der Waals surface area contributed by atoms with E-state index in [1.54, 1.807) is 31.4 Å². The number of hydrogen-bond donors (Lipinski definition) is 2. The molecule has 26 heavy (non-hydrogen) atoms. The van der Waals surface area contributed by atoms with Crippen LogP contribution in [-0.4, -0.2) is 42.3 Å². The third kappa shape index (κ3) is 3.76. The van der Waals surface area contributed by atoms with Gasteiger partial charge in [0.05, 0.1) is 18.8 Å². The summed E-state index contributed by atoms with van der Waals surface area (Å²) in [6.45, 7) is 0. The Labute approximate surface area is 157 Å². The molecular formula is C18H22N4O3S. The topological polar surface area (TPSA) is 97.0 Å². The lowest BCUT2D eigenvalue weighted by atomic mass is 9.91. The molecule has 3 atom stereocenters. The van der Waals surface area contributed by atoms with E-state index in [2.05, 4.69) is 10.3 Å². The van der Waals surface area contributed by atoms with Gasteiger partial charge in [-0.05, 0) is 37.2 Å². The van der Waals surface area contributed by atoms with Gasteiger partial charge >= 0.3 is 0 Å². The van der Waals surface area contributed by atoms with Crippen molar-refractivity contribution in [3.05, 3.63) is 24.3 Å². The number of methoxy groups -OCH3 is 1. The maximum absolute atomic E-state index is 12.9. The number of ether oxygens (including phenoxy) is 1. The van der Waals surface area contributed by atoms with E-state index in [1.807, 2.05) is 0 Å². The molecule has 0 radical (unpaired) electrons. The fraction of sp³-hybridized carbons (Fsp3) is 0.444. The van der Waals surface area contributed by atoms with Crippen LogP contribution in [0.1, 0.15) is 25.7 Å². The number of thiocarbonyl (C=S) groups is 1. The summed E-state index contributed by atoms with van der Waals surface area (Å²) in [6, 6.07) is 6.86. The molecule has 8 heteroatoms. The zero-order valence-corrected chi connectivity index (χ0v) is 15.4. The molecule has 0 spiro atoms. The van der Waals surface area contributed by atoms with Gasteiger partial charge in [0.1, 0.15) is 5.75 Å². The second-order valence-electron chi connectivity index (χ2n) is 6.46. The van der Waals surface area contributed by atoms with Crippen molar-refractivity contribution in [2.45, 2.75) is 37.8 Å². The van der Waals surface area contributed by atoms with Crippen LogP contribution in [-0.2, 0) is 9.59 Å². The number of rotatable bonds is 4. The zero-order valence-electron chi connectivity index (χ0n) is 14.6. The third-order valence-corrected chi connectivity index (χ3v) is 5.01. The van der Waals surface area contributed by atoms with Crippen molar-refractivity contribution in [2.75, 3.05) is 12.0 Å². The number of anilines is 1. The highest BCUT2D eigenvalue weighted by molar-refractivity contribution is 7.80. The summed E-state index contributed by atoms with van der Waals surface area (Å²) in [4.78, 5) is 30.9. The predicted octanol–water partition coefficient (Wildman–Crippen LogP) is 1.40. The van der Waals surface area contributed by atoms with Gasteiger partial charge in [0.25, 0.3) is 5.91 Å². The quantitative estimate of drug-likeness (QED) is 0.472. The van der Waals surface area contributed by atoms with Gasteiger partial charge in [0.15, 0.2) is 11.0 Å². The van der Waals surface area contributed by atoms with Gasteiger partial charge in [-0.3, -0.25) is 19.5 Å². The molecule has 1 aliphatic carbocycles. The summed E-state index contributed by atoms with van der Waals surface area (Å²) < 4.78 is 5.19. The first kappa shape index (κ1) is 18.5. The van der Waals surface area contributed by atoms with Crippen molar-refractivity contribution < 1.29 is 14.3 Å². The van der Waals surface area contributed by atoms with Gasteiger partial charge in [-0.25, -0.2) is 0 Å². The third-order valence-electron chi connectivity index (χ3n) is 4.72. The molecule has 2 amide bonds. The van der Waals surface area contributed by atoms with Crippen LogP contribution in [0.15, 0.2) is 29.3 Å². The van der Waals surface area contributed by atoms with E-state index in [4.69, 9.17) is 22.7 Å². The Balaban J connectivity index is 1.83. The average molecular weight is 374 g/mol. The maximum atomic E-state index is 12.9. The molecule has 1 aliphatic heterocycles. The number of aliphatic imine (C=N–C) groups is 1. The van der Waals surface area contributed by atoms with E-state index in [9.17, 15) is 9.59 Å². The highest BCUT2D eigenvalue weighted by atomic mass is 32.1. The minimum atomic E-state index is -1.03. The van der Waals surface area contributed by atoms with Crippen LogP contribution in [0.5, 0.6) is 5.75 Å². The Morgan fingerprint density at radius 3 is 2.85 bits per heavy atom. The van der Waals surface area contributed by atoms with Crippen molar-refractivity contribution in [2.24, 2.45) is 16.6 Å². The average Bonchev–Trinajstić information content (AvgIpc) is 2.63. The normalized spacial score (nSPS) is 26.9. The van der Waals surface area contributed by atoms with E-state index in [1.165, 1.54) is 11.1 Å². The molecule has 0 unspecified atom stereocenters. The first-order valence-electron chi connectivity index (χ1n) is 8.63. The number of nitrogens with one attached hydrogen (secondary N) is 1. The van der Waals surface area contributed by atoms with Crippen molar-refractivity contribution >= 4 is 41.0 Å². The summed E-state index contributed by atoms with van der Waals surface area (Å²) in [5.74, 6) is -1.33. The molecule has 0 bridgehead atoms. The molecule has 7 nitrogen and oxygen atoms in total. The number of benzene rings is 1. The van der Waals surface area contributed by atoms with E-state index < -0.39 is 17.7 Å². The molecule has 1 saturated carbocycles. The summed E-state index contributed by atoms with van der Waals surface area (Å²) >= 11 is 5.19. The minimum Gasteiger partial charge on any atom is -0.497 e. The van der Waals surface area contributed by atoms with Gasteiger partial charge in [-0.2, -0.15) is 0 Å². The fourth-order valence-corrected chi connectivity index (χ4v) is 3.53. The molecule has 2 aliphatic rings. The first-order chi connectivity index (χ1) is 12.5. The number of carbonyl (C=O) groups is 2. The van der Waals surface area contributed by atoms with Gasteiger partial charge < -0.3 is 15.8 Å².